The second-order valence-electron chi connectivity index (χ2n) is 6.89. The Labute approximate surface area is 147 Å². The van der Waals surface area contributed by atoms with E-state index >= 15 is 0 Å². The number of nitriles is 1. The van der Waals surface area contributed by atoms with E-state index in [-0.39, 0.29) is 11.8 Å². The van der Waals surface area contributed by atoms with Gasteiger partial charge in [0.1, 0.15) is 11.4 Å². The predicted molar refractivity (Wildman–Crippen MR) is 92.3 cm³/mol. The quantitative estimate of drug-likeness (QED) is 0.897. The fraction of sp³-hybridized carbons (Fsp3) is 0.421. The van der Waals surface area contributed by atoms with Crippen LogP contribution in [0.15, 0.2) is 17.8 Å². The van der Waals surface area contributed by atoms with E-state index < -0.39 is 5.60 Å². The van der Waals surface area contributed by atoms with Crippen molar-refractivity contribution in [3.05, 3.63) is 34.5 Å². The molecule has 130 valence electrons. The van der Waals surface area contributed by atoms with Crippen LogP contribution in [0.3, 0.4) is 0 Å². The van der Waals surface area contributed by atoms with Gasteiger partial charge in [-0.05, 0) is 44.9 Å². The highest BCUT2D eigenvalue weighted by molar-refractivity contribution is 5.93. The van der Waals surface area contributed by atoms with Gasteiger partial charge in [-0.3, -0.25) is 9.59 Å². The molecule has 0 atom stereocenters. The van der Waals surface area contributed by atoms with Crippen molar-refractivity contribution in [2.75, 3.05) is 6.54 Å². The van der Waals surface area contributed by atoms with Crippen molar-refractivity contribution in [3.63, 3.8) is 0 Å². The van der Waals surface area contributed by atoms with E-state index in [2.05, 4.69) is 11.4 Å². The van der Waals surface area contributed by atoms with Gasteiger partial charge in [0.15, 0.2) is 0 Å². The molecule has 0 unspecified atom stereocenters. The second-order valence-corrected chi connectivity index (χ2v) is 6.89. The zero-order valence-electron chi connectivity index (χ0n) is 14.9. The Morgan fingerprint density at radius 1 is 1.40 bits per heavy atom. The first-order valence-electron chi connectivity index (χ1n) is 8.32. The fourth-order valence-corrected chi connectivity index (χ4v) is 3.46. The summed E-state index contributed by atoms with van der Waals surface area (Å²) in [6.07, 6.45) is 1.24. The van der Waals surface area contributed by atoms with Gasteiger partial charge in [0.05, 0.1) is 23.0 Å². The Morgan fingerprint density at radius 2 is 2.12 bits per heavy atom. The highest BCUT2D eigenvalue weighted by atomic mass is 16.5. The number of hydrogen-bond acceptors (Lipinski definition) is 4. The molecule has 6 nitrogen and oxygen atoms in total. The zero-order valence-corrected chi connectivity index (χ0v) is 14.9. The summed E-state index contributed by atoms with van der Waals surface area (Å²) in [5, 5.41) is 12.2. The molecule has 2 aliphatic rings. The third-order valence-electron chi connectivity index (χ3n) is 4.63. The molecule has 0 radical (unpaired) electrons. The number of nitrogens with zero attached hydrogens (tertiary/aromatic N) is 2. The third kappa shape index (κ3) is 2.76. The van der Waals surface area contributed by atoms with Crippen LogP contribution >= 0.6 is 0 Å². The summed E-state index contributed by atoms with van der Waals surface area (Å²) < 4.78 is 6.12. The summed E-state index contributed by atoms with van der Waals surface area (Å²) in [6, 6.07) is 5.65. The molecular weight excluding hydrogens is 318 g/mol. The molecule has 2 heterocycles. The molecule has 1 aromatic rings. The topological polar surface area (TPSA) is 82.4 Å². The molecule has 0 aromatic heterocycles. The van der Waals surface area contributed by atoms with Gasteiger partial charge in [-0.1, -0.05) is 0 Å². The molecule has 0 spiro atoms. The highest BCUT2D eigenvalue weighted by Crippen LogP contribution is 2.44. The van der Waals surface area contributed by atoms with E-state index in [4.69, 9.17) is 4.74 Å². The maximum absolute atomic E-state index is 12.5. The van der Waals surface area contributed by atoms with Crippen LogP contribution in [0.2, 0.25) is 0 Å². The molecule has 1 saturated heterocycles. The number of fused-ring (bicyclic) bond motifs is 1. The van der Waals surface area contributed by atoms with Crippen molar-refractivity contribution in [3.8, 4) is 11.8 Å². The molecule has 0 aliphatic carbocycles. The van der Waals surface area contributed by atoms with Gasteiger partial charge >= 0.3 is 0 Å². The summed E-state index contributed by atoms with van der Waals surface area (Å²) in [5.74, 6) is 0.405. The van der Waals surface area contributed by atoms with Crippen LogP contribution in [0.5, 0.6) is 5.75 Å². The average molecular weight is 339 g/mol. The Bertz CT molecular complexity index is 846. The van der Waals surface area contributed by atoms with Crippen molar-refractivity contribution in [2.24, 2.45) is 0 Å². The molecule has 3 rings (SSSR count). The summed E-state index contributed by atoms with van der Waals surface area (Å²) in [7, 11) is 0. The summed E-state index contributed by atoms with van der Waals surface area (Å²) in [5.41, 5.74) is 2.37. The van der Waals surface area contributed by atoms with Gasteiger partial charge in [-0.25, -0.2) is 0 Å². The van der Waals surface area contributed by atoms with Crippen molar-refractivity contribution in [1.29, 1.82) is 5.26 Å². The first kappa shape index (κ1) is 17.0. The van der Waals surface area contributed by atoms with Gasteiger partial charge < -0.3 is 15.0 Å². The first-order chi connectivity index (χ1) is 11.8. The smallest absolute Gasteiger partial charge is 0.227 e. The van der Waals surface area contributed by atoms with Crippen molar-refractivity contribution in [2.45, 2.75) is 46.1 Å². The van der Waals surface area contributed by atoms with Crippen LogP contribution in [-0.2, 0) is 9.59 Å². The van der Waals surface area contributed by atoms with E-state index in [1.54, 1.807) is 17.0 Å². The molecule has 2 amide bonds. The average Bonchev–Trinajstić information content (AvgIpc) is 2.94. The number of carbonyl (C=O) groups excluding carboxylic acids is 2. The number of rotatable bonds is 2. The lowest BCUT2D eigenvalue weighted by atomic mass is 9.90. The third-order valence-corrected chi connectivity index (χ3v) is 4.63. The molecule has 1 N–H and O–H groups in total. The van der Waals surface area contributed by atoms with Crippen molar-refractivity contribution >= 4 is 17.5 Å². The van der Waals surface area contributed by atoms with Gasteiger partial charge in [0.25, 0.3) is 0 Å². The summed E-state index contributed by atoms with van der Waals surface area (Å²) in [6.45, 7) is 7.57. The van der Waals surface area contributed by atoms with Crippen LogP contribution in [0.1, 0.15) is 50.3 Å². The Balaban J connectivity index is 2.34. The normalized spacial score (nSPS) is 18.5. The van der Waals surface area contributed by atoms with E-state index in [0.717, 1.165) is 12.0 Å². The lowest BCUT2D eigenvalue weighted by Crippen LogP contribution is -2.45. The molecule has 0 bridgehead atoms. The van der Waals surface area contributed by atoms with Crippen LogP contribution in [-0.4, -0.2) is 28.9 Å². The second kappa shape index (κ2) is 5.92. The summed E-state index contributed by atoms with van der Waals surface area (Å²) >= 11 is 0. The van der Waals surface area contributed by atoms with Gasteiger partial charge in [-0.2, -0.15) is 5.26 Å². The number of hydrogen-bond donors (Lipinski definition) is 1. The number of nitrogens with one attached hydrogen (secondary N) is 1. The first-order valence-corrected chi connectivity index (χ1v) is 8.32. The summed E-state index contributed by atoms with van der Waals surface area (Å²) in [4.78, 5) is 26.0. The predicted octanol–water partition coefficient (Wildman–Crippen LogP) is 2.46. The van der Waals surface area contributed by atoms with E-state index in [9.17, 15) is 14.9 Å². The molecule has 25 heavy (non-hydrogen) atoms. The van der Waals surface area contributed by atoms with Gasteiger partial charge in [0.2, 0.25) is 11.8 Å². The van der Waals surface area contributed by atoms with Crippen LogP contribution in [0, 0.1) is 18.3 Å². The molecular formula is C19H21N3O3. The molecule has 6 heteroatoms. The number of likely N-dealkylation sites (tertiary alicyclic amines) is 1. The fourth-order valence-electron chi connectivity index (χ4n) is 3.46. The highest BCUT2D eigenvalue weighted by Gasteiger charge is 2.41. The lowest BCUT2D eigenvalue weighted by molar-refractivity contribution is -0.125. The number of benzene rings is 1. The van der Waals surface area contributed by atoms with Crippen LogP contribution in [0.4, 0.5) is 0 Å². The van der Waals surface area contributed by atoms with Crippen LogP contribution in [0.25, 0.3) is 5.70 Å². The van der Waals surface area contributed by atoms with Crippen molar-refractivity contribution in [1.82, 2.24) is 10.2 Å². The van der Waals surface area contributed by atoms with E-state index in [0.29, 0.717) is 41.2 Å². The Kier molecular flexibility index (Phi) is 4.03. The lowest BCUT2D eigenvalue weighted by Gasteiger charge is -2.40. The maximum atomic E-state index is 12.5. The van der Waals surface area contributed by atoms with Gasteiger partial charge in [-0.15, -0.1) is 0 Å². The Morgan fingerprint density at radius 3 is 2.68 bits per heavy atom. The Hall–Kier alpha value is -2.81. The minimum absolute atomic E-state index is 0.0169. The molecule has 1 fully saturated rings. The van der Waals surface area contributed by atoms with Crippen molar-refractivity contribution < 1.29 is 14.3 Å². The SMILES string of the molecule is CC(=O)NC1=C(N2CCCC2=O)c2c(ccc(C#N)c2C)OC1(C)C. The largest absolute Gasteiger partial charge is 0.481 e. The maximum Gasteiger partial charge on any atom is 0.227 e. The monoisotopic (exact) mass is 339 g/mol. The minimum Gasteiger partial charge on any atom is -0.481 e. The minimum atomic E-state index is -0.808. The van der Waals surface area contributed by atoms with E-state index in [1.165, 1.54) is 6.92 Å². The number of ether oxygens (including phenoxy) is 1. The number of amides is 2. The van der Waals surface area contributed by atoms with Crippen LogP contribution < -0.4 is 10.1 Å². The van der Waals surface area contributed by atoms with Gasteiger partial charge in [0, 0.05) is 25.5 Å². The molecule has 2 aliphatic heterocycles. The zero-order chi connectivity index (χ0) is 18.4. The molecule has 0 saturated carbocycles. The standard InChI is InChI=1S/C19H21N3O3/c1-11-13(10-20)7-8-14-16(11)17(22-9-5-6-15(22)24)18(21-12(2)23)19(3,4)25-14/h7-8H,5-6,9H2,1-4H3,(H,21,23). The molecule has 1 aromatic carbocycles. The van der Waals surface area contributed by atoms with E-state index in [1.807, 2.05) is 20.8 Å². The number of carbonyl (C=O) groups is 2.